The van der Waals surface area contributed by atoms with E-state index in [9.17, 15) is 18.3 Å². The van der Waals surface area contributed by atoms with Crippen molar-refractivity contribution in [3.8, 4) is 17.2 Å². The Morgan fingerprint density at radius 2 is 1.74 bits per heavy atom. The minimum Gasteiger partial charge on any atom is -0.487 e. The van der Waals surface area contributed by atoms with Crippen molar-refractivity contribution in [1.82, 2.24) is 13.6 Å². The van der Waals surface area contributed by atoms with E-state index in [-0.39, 0.29) is 13.2 Å². The minimum atomic E-state index is -3.84. The number of benzene rings is 2. The molecule has 0 amide bonds. The first-order valence-electron chi connectivity index (χ1n) is 11.4. The molecule has 0 spiro atoms. The van der Waals surface area contributed by atoms with Gasteiger partial charge in [0.05, 0.1) is 0 Å². The van der Waals surface area contributed by atoms with Crippen LogP contribution in [0.5, 0.6) is 5.75 Å². The molecule has 0 atom stereocenters. The number of aryl methyl sites for hydroxylation is 2. The fourth-order valence-corrected chi connectivity index (χ4v) is 5.51. The fourth-order valence-electron chi connectivity index (χ4n) is 3.88. The van der Waals surface area contributed by atoms with Crippen LogP contribution in [0.2, 0.25) is 0 Å². The number of aliphatic carboxylic acids is 1. The summed E-state index contributed by atoms with van der Waals surface area (Å²) in [6.07, 6.45) is 1.56. The largest absolute Gasteiger partial charge is 0.487 e. The van der Waals surface area contributed by atoms with Crippen LogP contribution >= 0.6 is 0 Å². The molecule has 1 aliphatic heterocycles. The lowest BCUT2D eigenvalue weighted by Crippen LogP contribution is -2.44. The Bertz CT molecular complexity index is 1260. The monoisotopic (exact) mass is 499 g/mol. The molecule has 1 fully saturated rings. The third kappa shape index (κ3) is 6.08. The lowest BCUT2D eigenvalue weighted by Gasteiger charge is -2.26. The number of nitrogens with zero attached hydrogens (tertiary/aromatic N) is 3. The van der Waals surface area contributed by atoms with Gasteiger partial charge in [-0.3, -0.25) is 4.79 Å². The van der Waals surface area contributed by atoms with E-state index in [4.69, 9.17) is 9.15 Å². The molecule has 1 aliphatic rings. The average molecular weight is 500 g/mol. The van der Waals surface area contributed by atoms with Gasteiger partial charge in [0, 0.05) is 25.2 Å². The highest BCUT2D eigenvalue weighted by atomic mass is 32.2. The molecule has 1 saturated heterocycles. The van der Waals surface area contributed by atoms with E-state index in [1.807, 2.05) is 38.1 Å². The molecule has 0 radical (unpaired) electrons. The third-order valence-electron chi connectivity index (χ3n) is 5.88. The van der Waals surface area contributed by atoms with E-state index in [2.05, 4.69) is 4.98 Å². The van der Waals surface area contributed by atoms with Crippen molar-refractivity contribution in [3.05, 3.63) is 71.1 Å². The van der Waals surface area contributed by atoms with E-state index < -0.39 is 22.7 Å². The maximum atomic E-state index is 12.9. The molecule has 1 N–H and O–H groups in total. The zero-order chi connectivity index (χ0) is 25.0. The van der Waals surface area contributed by atoms with Crippen molar-refractivity contribution < 1.29 is 27.5 Å². The van der Waals surface area contributed by atoms with E-state index in [0.29, 0.717) is 41.7 Å². The molecular formula is C25H29N3O6S. The lowest BCUT2D eigenvalue weighted by molar-refractivity contribution is -0.137. The molecule has 35 heavy (non-hydrogen) atoms. The van der Waals surface area contributed by atoms with Gasteiger partial charge in [-0.1, -0.05) is 29.8 Å². The van der Waals surface area contributed by atoms with E-state index in [1.165, 1.54) is 4.31 Å². The van der Waals surface area contributed by atoms with Gasteiger partial charge in [0.25, 0.3) is 10.2 Å². The first-order chi connectivity index (χ1) is 16.7. The topological polar surface area (TPSA) is 113 Å². The van der Waals surface area contributed by atoms with Crippen molar-refractivity contribution in [1.29, 1.82) is 0 Å². The normalized spacial score (nSPS) is 14.5. The van der Waals surface area contributed by atoms with Gasteiger partial charge in [0.2, 0.25) is 5.89 Å². The van der Waals surface area contributed by atoms with Crippen molar-refractivity contribution in [3.63, 3.8) is 0 Å². The molecule has 9 nitrogen and oxygen atoms in total. The van der Waals surface area contributed by atoms with Crippen LogP contribution in [0.25, 0.3) is 11.5 Å². The highest BCUT2D eigenvalue weighted by molar-refractivity contribution is 7.86. The number of rotatable bonds is 10. The molecule has 10 heteroatoms. The smallest absolute Gasteiger partial charge is 0.318 e. The molecule has 0 saturated carbocycles. The van der Waals surface area contributed by atoms with E-state index >= 15 is 0 Å². The highest BCUT2D eigenvalue weighted by Crippen LogP contribution is 2.24. The van der Waals surface area contributed by atoms with Crippen LogP contribution in [0, 0.1) is 13.8 Å². The van der Waals surface area contributed by atoms with Gasteiger partial charge in [-0.25, -0.2) is 4.98 Å². The molecule has 2 aromatic carbocycles. The van der Waals surface area contributed by atoms with Crippen molar-refractivity contribution in [2.45, 2.75) is 39.8 Å². The van der Waals surface area contributed by atoms with Gasteiger partial charge >= 0.3 is 5.97 Å². The Hall–Kier alpha value is -3.21. The van der Waals surface area contributed by atoms with E-state index in [0.717, 1.165) is 28.3 Å². The van der Waals surface area contributed by atoms with Crippen molar-refractivity contribution >= 4 is 16.2 Å². The Balaban J connectivity index is 1.40. The molecule has 3 aromatic rings. The Morgan fingerprint density at radius 1 is 1.09 bits per heavy atom. The van der Waals surface area contributed by atoms with Gasteiger partial charge in [-0.2, -0.15) is 17.0 Å². The van der Waals surface area contributed by atoms with Crippen molar-refractivity contribution in [2.75, 3.05) is 19.6 Å². The molecular weight excluding hydrogens is 470 g/mol. The maximum Gasteiger partial charge on any atom is 0.318 e. The fraction of sp³-hybridized carbons (Fsp3) is 0.360. The highest BCUT2D eigenvalue weighted by Gasteiger charge is 2.33. The number of carboxylic acid groups (broad SMARTS) is 1. The number of oxazole rings is 1. The summed E-state index contributed by atoms with van der Waals surface area (Å²) in [6.45, 7) is 4.28. The second kappa shape index (κ2) is 10.6. The molecule has 0 bridgehead atoms. The summed E-state index contributed by atoms with van der Waals surface area (Å²) >= 11 is 0. The van der Waals surface area contributed by atoms with Crippen molar-refractivity contribution in [2.24, 2.45) is 0 Å². The van der Waals surface area contributed by atoms with Crippen LogP contribution in [-0.2, 0) is 28.2 Å². The van der Waals surface area contributed by atoms with Gasteiger partial charge in [0.1, 0.15) is 30.4 Å². The average Bonchev–Trinajstić information content (AvgIpc) is 3.49. The van der Waals surface area contributed by atoms with Crippen LogP contribution in [0.3, 0.4) is 0 Å². The lowest BCUT2D eigenvalue weighted by atomic mass is 10.1. The molecule has 186 valence electrons. The second-order valence-electron chi connectivity index (χ2n) is 8.60. The summed E-state index contributed by atoms with van der Waals surface area (Å²) in [5.74, 6) is 0.601. The summed E-state index contributed by atoms with van der Waals surface area (Å²) in [5, 5.41) is 9.24. The summed E-state index contributed by atoms with van der Waals surface area (Å²) in [4.78, 5) is 15.9. The molecule has 1 aromatic heterocycles. The quantitative estimate of drug-likeness (QED) is 0.452. The zero-order valence-corrected chi connectivity index (χ0v) is 20.6. The number of aromatic nitrogens is 1. The van der Waals surface area contributed by atoms with Gasteiger partial charge in [-0.15, -0.1) is 0 Å². The number of ether oxygens (including phenoxy) is 1. The van der Waals surface area contributed by atoms with Crippen LogP contribution in [0.15, 0.2) is 52.9 Å². The van der Waals surface area contributed by atoms with E-state index in [1.54, 1.807) is 24.3 Å². The Labute approximate surface area is 205 Å². The molecule has 0 aliphatic carbocycles. The van der Waals surface area contributed by atoms with Crippen LogP contribution < -0.4 is 4.74 Å². The Kier molecular flexibility index (Phi) is 7.54. The predicted octanol–water partition coefficient (Wildman–Crippen LogP) is 3.76. The van der Waals surface area contributed by atoms with Gasteiger partial charge in [-0.05, 0) is 56.5 Å². The first-order valence-corrected chi connectivity index (χ1v) is 12.8. The number of carbonyl (C=O) groups is 1. The summed E-state index contributed by atoms with van der Waals surface area (Å²) < 4.78 is 39.8. The van der Waals surface area contributed by atoms with Crippen LogP contribution in [-0.4, -0.2) is 52.7 Å². The summed E-state index contributed by atoms with van der Waals surface area (Å²) in [7, 11) is -3.84. The Morgan fingerprint density at radius 3 is 2.37 bits per heavy atom. The maximum absolute atomic E-state index is 12.9. The SMILES string of the molecule is Cc1ccc(-c2nc(COc3ccc(CN(CC(=O)O)S(=O)(=O)N4CCCC4)cc3)c(C)o2)cc1. The minimum absolute atomic E-state index is 0.0340. The summed E-state index contributed by atoms with van der Waals surface area (Å²) in [6, 6.07) is 14.8. The number of carboxylic acids is 1. The number of hydrogen-bond donors (Lipinski definition) is 1. The number of hydrogen-bond acceptors (Lipinski definition) is 6. The van der Waals surface area contributed by atoms with Crippen LogP contribution in [0.1, 0.15) is 35.4 Å². The van der Waals surface area contributed by atoms with Crippen LogP contribution in [0.4, 0.5) is 0 Å². The standard InChI is InChI=1S/C25H29N3O6S/c1-18-5-9-21(10-6-18)25-26-23(19(2)34-25)17-33-22-11-7-20(8-12-22)15-28(16-24(29)30)35(31,32)27-13-3-4-14-27/h5-12H,3-4,13-17H2,1-2H3,(H,29,30). The predicted molar refractivity (Wildman–Crippen MR) is 130 cm³/mol. The summed E-state index contributed by atoms with van der Waals surface area (Å²) in [5.41, 5.74) is 3.41. The second-order valence-corrected chi connectivity index (χ2v) is 10.5. The van der Waals surface area contributed by atoms with Gasteiger partial charge in [0.15, 0.2) is 0 Å². The third-order valence-corrected chi connectivity index (χ3v) is 7.81. The molecule has 4 rings (SSSR count). The molecule has 0 unspecified atom stereocenters. The molecule has 2 heterocycles. The zero-order valence-electron chi connectivity index (χ0n) is 19.8. The van der Waals surface area contributed by atoms with Gasteiger partial charge < -0.3 is 14.3 Å². The first kappa shape index (κ1) is 24.9.